The van der Waals surface area contributed by atoms with Crippen LogP contribution in [0.25, 0.3) is 0 Å². The van der Waals surface area contributed by atoms with Gasteiger partial charge in [0, 0.05) is 6.42 Å². The van der Waals surface area contributed by atoms with E-state index in [9.17, 15) is 0 Å². The quantitative estimate of drug-likeness (QED) is 0.621. The van der Waals surface area contributed by atoms with Crippen molar-refractivity contribution in [2.45, 2.75) is 13.3 Å². The summed E-state index contributed by atoms with van der Waals surface area (Å²) in [7, 11) is 4.56. The van der Waals surface area contributed by atoms with Crippen molar-refractivity contribution < 1.29 is 4.48 Å². The Hall–Kier alpha value is -0.820. The summed E-state index contributed by atoms with van der Waals surface area (Å²) in [4.78, 5) is 0. The van der Waals surface area contributed by atoms with E-state index in [4.69, 9.17) is 0 Å². The lowest BCUT2D eigenvalue weighted by atomic mass is 10.1. The lowest BCUT2D eigenvalue weighted by Gasteiger charge is -2.28. The van der Waals surface area contributed by atoms with Crippen LogP contribution in [-0.4, -0.2) is 31.7 Å². The maximum absolute atomic E-state index is 2.28. The Morgan fingerprint density at radius 1 is 1.08 bits per heavy atom. The van der Waals surface area contributed by atoms with Crippen molar-refractivity contribution in [1.82, 2.24) is 0 Å². The Morgan fingerprint density at radius 2 is 1.69 bits per heavy atom. The molecule has 1 heteroatoms. The van der Waals surface area contributed by atoms with Crippen molar-refractivity contribution >= 4 is 0 Å². The number of hydrogen-bond donors (Lipinski definition) is 0. The molecule has 0 spiro atoms. The van der Waals surface area contributed by atoms with E-state index in [0.29, 0.717) is 0 Å². The molecule has 0 radical (unpaired) electrons. The summed E-state index contributed by atoms with van der Waals surface area (Å²) in [6.45, 7) is 4.67. The van der Waals surface area contributed by atoms with Gasteiger partial charge in [0.1, 0.15) is 0 Å². The first kappa shape index (κ1) is 10.3. The molecule has 1 rings (SSSR count). The lowest BCUT2D eigenvalue weighted by Crippen LogP contribution is -2.40. The second kappa shape index (κ2) is 4.43. The molecule has 72 valence electrons. The summed E-state index contributed by atoms with van der Waals surface area (Å²) in [5, 5.41) is 0. The van der Waals surface area contributed by atoms with Crippen molar-refractivity contribution in [3.63, 3.8) is 0 Å². The number of likely N-dealkylation sites (N-methyl/N-ethyl adjacent to an activating group) is 1. The molecule has 0 aliphatic carbocycles. The van der Waals surface area contributed by atoms with E-state index < -0.39 is 0 Å². The summed E-state index contributed by atoms with van der Waals surface area (Å²) in [5.41, 5.74) is 1.45. The predicted octanol–water partition coefficient (Wildman–Crippen LogP) is 2.33. The molecular weight excluding hydrogens is 158 g/mol. The van der Waals surface area contributed by atoms with Gasteiger partial charge in [-0.2, -0.15) is 0 Å². The molecule has 0 aromatic heterocycles. The molecule has 0 amide bonds. The van der Waals surface area contributed by atoms with E-state index in [1.165, 1.54) is 25.1 Å². The first-order valence-corrected chi connectivity index (χ1v) is 5.00. The van der Waals surface area contributed by atoms with Gasteiger partial charge >= 0.3 is 0 Å². The Kier molecular flexibility index (Phi) is 3.49. The maximum Gasteiger partial charge on any atom is 0.0823 e. The van der Waals surface area contributed by atoms with Crippen LogP contribution in [0.1, 0.15) is 12.5 Å². The number of quaternary nitrogens is 1. The fourth-order valence-electron chi connectivity index (χ4n) is 1.23. The van der Waals surface area contributed by atoms with Crippen LogP contribution in [0.5, 0.6) is 0 Å². The van der Waals surface area contributed by atoms with Gasteiger partial charge in [0.25, 0.3) is 0 Å². The minimum absolute atomic E-state index is 1.11. The number of nitrogens with zero attached hydrogens (tertiary/aromatic N) is 1. The second-order valence-electron chi connectivity index (χ2n) is 4.21. The monoisotopic (exact) mass is 178 g/mol. The average Bonchev–Trinajstić information content (AvgIpc) is 2.17. The molecule has 0 aliphatic heterocycles. The second-order valence-corrected chi connectivity index (χ2v) is 4.21. The molecule has 0 bridgehead atoms. The molecule has 0 atom stereocenters. The minimum atomic E-state index is 1.11. The van der Waals surface area contributed by atoms with Gasteiger partial charge in [-0.3, -0.25) is 0 Å². The molecule has 13 heavy (non-hydrogen) atoms. The molecule has 0 fully saturated rings. The van der Waals surface area contributed by atoms with Crippen LogP contribution >= 0.6 is 0 Å². The highest BCUT2D eigenvalue weighted by atomic mass is 15.3. The molecule has 0 heterocycles. The molecular formula is C12H20N+. The molecule has 0 saturated carbocycles. The van der Waals surface area contributed by atoms with E-state index in [0.717, 1.165) is 4.48 Å². The van der Waals surface area contributed by atoms with Gasteiger partial charge < -0.3 is 4.48 Å². The highest BCUT2D eigenvalue weighted by molar-refractivity contribution is 5.14. The van der Waals surface area contributed by atoms with Gasteiger partial charge in [-0.1, -0.05) is 30.3 Å². The third-order valence-corrected chi connectivity index (χ3v) is 2.70. The molecule has 0 N–H and O–H groups in total. The summed E-state index contributed by atoms with van der Waals surface area (Å²) in [6.07, 6.45) is 1.18. The van der Waals surface area contributed by atoms with Gasteiger partial charge in [-0.15, -0.1) is 0 Å². The zero-order valence-electron chi connectivity index (χ0n) is 8.96. The zero-order chi connectivity index (χ0) is 9.73. The van der Waals surface area contributed by atoms with E-state index in [-0.39, 0.29) is 0 Å². The molecule has 0 saturated heterocycles. The van der Waals surface area contributed by atoms with E-state index in [2.05, 4.69) is 51.4 Å². The van der Waals surface area contributed by atoms with Gasteiger partial charge in [0.15, 0.2) is 0 Å². The van der Waals surface area contributed by atoms with E-state index >= 15 is 0 Å². The van der Waals surface area contributed by atoms with Crippen LogP contribution in [0.2, 0.25) is 0 Å². The lowest BCUT2D eigenvalue weighted by molar-refractivity contribution is -0.888. The Balaban J connectivity index is 2.44. The summed E-state index contributed by atoms with van der Waals surface area (Å²) in [5.74, 6) is 0. The van der Waals surface area contributed by atoms with Gasteiger partial charge in [0.05, 0.1) is 27.2 Å². The fourth-order valence-corrected chi connectivity index (χ4v) is 1.23. The van der Waals surface area contributed by atoms with Gasteiger partial charge in [-0.25, -0.2) is 0 Å². The number of benzene rings is 1. The van der Waals surface area contributed by atoms with Crippen LogP contribution in [0.4, 0.5) is 0 Å². The number of hydrogen-bond acceptors (Lipinski definition) is 0. The van der Waals surface area contributed by atoms with Crippen molar-refractivity contribution in [1.29, 1.82) is 0 Å². The Labute approximate surface area is 81.6 Å². The van der Waals surface area contributed by atoms with Crippen LogP contribution in [0, 0.1) is 0 Å². The van der Waals surface area contributed by atoms with Crippen LogP contribution in [0.3, 0.4) is 0 Å². The van der Waals surface area contributed by atoms with Gasteiger partial charge in [-0.05, 0) is 12.5 Å². The van der Waals surface area contributed by atoms with Crippen LogP contribution in [-0.2, 0) is 6.42 Å². The van der Waals surface area contributed by atoms with Gasteiger partial charge in [0.2, 0.25) is 0 Å². The molecule has 0 unspecified atom stereocenters. The SMILES string of the molecule is CC[N+](C)(C)CCc1ccccc1. The Bertz CT molecular complexity index is 239. The summed E-state index contributed by atoms with van der Waals surface area (Å²) in [6, 6.07) is 10.7. The third-order valence-electron chi connectivity index (χ3n) is 2.70. The first-order valence-electron chi connectivity index (χ1n) is 5.00. The fraction of sp³-hybridized carbons (Fsp3) is 0.500. The molecule has 1 aromatic rings. The topological polar surface area (TPSA) is 0 Å². The molecule has 1 aromatic carbocycles. The average molecular weight is 178 g/mol. The predicted molar refractivity (Wildman–Crippen MR) is 57.7 cm³/mol. The van der Waals surface area contributed by atoms with Crippen molar-refractivity contribution in [2.24, 2.45) is 0 Å². The summed E-state index contributed by atoms with van der Waals surface area (Å²) >= 11 is 0. The highest BCUT2D eigenvalue weighted by Crippen LogP contribution is 2.03. The minimum Gasteiger partial charge on any atom is -0.328 e. The van der Waals surface area contributed by atoms with Crippen LogP contribution < -0.4 is 0 Å². The van der Waals surface area contributed by atoms with Crippen molar-refractivity contribution in [2.75, 3.05) is 27.2 Å². The third kappa shape index (κ3) is 3.60. The van der Waals surface area contributed by atoms with E-state index in [1.807, 2.05) is 0 Å². The summed E-state index contributed by atoms with van der Waals surface area (Å²) < 4.78 is 1.11. The zero-order valence-corrected chi connectivity index (χ0v) is 8.96. The van der Waals surface area contributed by atoms with E-state index in [1.54, 1.807) is 0 Å². The largest absolute Gasteiger partial charge is 0.328 e. The maximum atomic E-state index is 2.28. The first-order chi connectivity index (χ1) is 6.14. The molecule has 1 nitrogen and oxygen atoms in total. The molecule has 0 aliphatic rings. The van der Waals surface area contributed by atoms with Crippen LogP contribution in [0.15, 0.2) is 30.3 Å². The number of rotatable bonds is 4. The normalized spacial score (nSPS) is 11.6. The standard InChI is InChI=1S/C12H20N/c1-4-13(2,3)11-10-12-8-6-5-7-9-12/h5-9H,4,10-11H2,1-3H3/q+1. The van der Waals surface area contributed by atoms with Crippen molar-refractivity contribution in [3.05, 3.63) is 35.9 Å². The van der Waals surface area contributed by atoms with Crippen molar-refractivity contribution in [3.8, 4) is 0 Å². The smallest absolute Gasteiger partial charge is 0.0823 e. The Morgan fingerprint density at radius 3 is 2.23 bits per heavy atom. The highest BCUT2D eigenvalue weighted by Gasteiger charge is 2.10.